The van der Waals surface area contributed by atoms with Gasteiger partial charge in [-0.25, -0.2) is 4.68 Å². The highest BCUT2D eigenvalue weighted by molar-refractivity contribution is 6.00. The molecule has 0 atom stereocenters. The number of carbonyl (C=O) groups excluding carboxylic acids is 1. The molecule has 3 aromatic rings. The van der Waals surface area contributed by atoms with Crippen molar-refractivity contribution in [2.24, 2.45) is 0 Å². The van der Waals surface area contributed by atoms with Crippen LogP contribution in [-0.4, -0.2) is 33.7 Å². The van der Waals surface area contributed by atoms with Gasteiger partial charge >= 0.3 is 0 Å². The van der Waals surface area contributed by atoms with Gasteiger partial charge in [-0.15, -0.1) is 0 Å². The zero-order valence-electron chi connectivity index (χ0n) is 14.2. The third-order valence-electron chi connectivity index (χ3n) is 4.11. The molecule has 1 heterocycles. The minimum absolute atomic E-state index is 0.0222. The van der Waals surface area contributed by atoms with E-state index in [1.165, 1.54) is 0 Å². The van der Waals surface area contributed by atoms with Crippen molar-refractivity contribution in [3.05, 3.63) is 72.4 Å². The molecular formula is C20H21N3O. The van der Waals surface area contributed by atoms with Crippen LogP contribution in [0.5, 0.6) is 0 Å². The van der Waals surface area contributed by atoms with E-state index < -0.39 is 0 Å². The summed E-state index contributed by atoms with van der Waals surface area (Å²) >= 11 is 0. The molecule has 0 bridgehead atoms. The first-order valence-corrected chi connectivity index (χ1v) is 8.05. The summed E-state index contributed by atoms with van der Waals surface area (Å²) in [4.78, 5) is 14.6. The highest BCUT2D eigenvalue weighted by Crippen LogP contribution is 2.25. The van der Waals surface area contributed by atoms with Crippen molar-refractivity contribution in [1.29, 1.82) is 0 Å². The Bertz CT molecular complexity index is 823. The second-order valence-corrected chi connectivity index (χ2v) is 6.05. The van der Waals surface area contributed by atoms with Gasteiger partial charge in [0.1, 0.15) is 5.69 Å². The molecule has 4 nitrogen and oxygen atoms in total. The Balaban J connectivity index is 2.12. The molecule has 0 radical (unpaired) electrons. The van der Waals surface area contributed by atoms with E-state index in [1.54, 1.807) is 9.58 Å². The summed E-state index contributed by atoms with van der Waals surface area (Å²) in [6.07, 6.45) is 1.82. The summed E-state index contributed by atoms with van der Waals surface area (Å²) in [7, 11) is 1.82. The third kappa shape index (κ3) is 3.08. The van der Waals surface area contributed by atoms with Gasteiger partial charge in [-0.05, 0) is 26.0 Å². The second-order valence-electron chi connectivity index (χ2n) is 6.05. The number of benzene rings is 2. The molecule has 1 amide bonds. The Morgan fingerprint density at radius 1 is 1.00 bits per heavy atom. The van der Waals surface area contributed by atoms with Crippen LogP contribution in [0.1, 0.15) is 24.2 Å². The predicted molar refractivity (Wildman–Crippen MR) is 96.2 cm³/mol. The van der Waals surface area contributed by atoms with Crippen LogP contribution in [0.3, 0.4) is 0 Å². The summed E-state index contributed by atoms with van der Waals surface area (Å²) < 4.78 is 1.77. The zero-order chi connectivity index (χ0) is 17.1. The van der Waals surface area contributed by atoms with Crippen LogP contribution >= 0.6 is 0 Å². The molecule has 4 heteroatoms. The molecule has 0 N–H and O–H groups in total. The summed E-state index contributed by atoms with van der Waals surface area (Å²) in [5.41, 5.74) is 3.19. The van der Waals surface area contributed by atoms with Gasteiger partial charge in [0.2, 0.25) is 0 Å². The highest BCUT2D eigenvalue weighted by Gasteiger charge is 2.22. The first kappa shape index (κ1) is 16.0. The summed E-state index contributed by atoms with van der Waals surface area (Å²) in [6, 6.07) is 19.8. The molecule has 2 aromatic carbocycles. The van der Waals surface area contributed by atoms with E-state index >= 15 is 0 Å². The first-order valence-electron chi connectivity index (χ1n) is 8.05. The summed E-state index contributed by atoms with van der Waals surface area (Å²) in [5, 5.41) is 4.68. The van der Waals surface area contributed by atoms with E-state index in [1.807, 2.05) is 87.8 Å². The van der Waals surface area contributed by atoms with Crippen molar-refractivity contribution in [3.8, 4) is 16.9 Å². The molecule has 24 heavy (non-hydrogen) atoms. The van der Waals surface area contributed by atoms with E-state index in [-0.39, 0.29) is 11.9 Å². The molecule has 0 saturated heterocycles. The quantitative estimate of drug-likeness (QED) is 0.728. The summed E-state index contributed by atoms with van der Waals surface area (Å²) in [6.45, 7) is 4.00. The van der Waals surface area contributed by atoms with Gasteiger partial charge in [0.15, 0.2) is 0 Å². The fourth-order valence-electron chi connectivity index (χ4n) is 2.48. The van der Waals surface area contributed by atoms with Crippen molar-refractivity contribution in [2.75, 3.05) is 7.05 Å². The lowest BCUT2D eigenvalue weighted by atomic mass is 10.1. The molecule has 0 aliphatic rings. The maximum absolute atomic E-state index is 12.9. The lowest BCUT2D eigenvalue weighted by Crippen LogP contribution is -2.33. The minimum atomic E-state index is -0.0222. The van der Waals surface area contributed by atoms with E-state index in [4.69, 9.17) is 0 Å². The average Bonchev–Trinajstić information content (AvgIpc) is 3.07. The van der Waals surface area contributed by atoms with Crippen LogP contribution < -0.4 is 0 Å². The number of hydrogen-bond donors (Lipinski definition) is 0. The van der Waals surface area contributed by atoms with Crippen LogP contribution in [0.15, 0.2) is 66.9 Å². The number of carbonyl (C=O) groups is 1. The van der Waals surface area contributed by atoms with Crippen molar-refractivity contribution >= 4 is 5.91 Å². The number of rotatable bonds is 4. The molecule has 122 valence electrons. The average molecular weight is 319 g/mol. The standard InChI is InChI=1S/C20H21N3O/c1-15(2)22(3)20(24)18-14-23(17-12-8-5-9-13-17)21-19(18)16-10-6-4-7-11-16/h4-15H,1-3H3. The second kappa shape index (κ2) is 6.71. The number of nitrogens with zero attached hydrogens (tertiary/aromatic N) is 3. The number of hydrogen-bond acceptors (Lipinski definition) is 2. The Morgan fingerprint density at radius 2 is 1.58 bits per heavy atom. The van der Waals surface area contributed by atoms with E-state index in [2.05, 4.69) is 5.10 Å². The van der Waals surface area contributed by atoms with Gasteiger partial charge in [-0.3, -0.25) is 4.79 Å². The Labute approximate surface area is 142 Å². The molecule has 0 aliphatic heterocycles. The topological polar surface area (TPSA) is 38.1 Å². The van der Waals surface area contributed by atoms with Gasteiger partial charge in [0, 0.05) is 24.8 Å². The number of para-hydroxylation sites is 1. The van der Waals surface area contributed by atoms with Crippen molar-refractivity contribution in [2.45, 2.75) is 19.9 Å². The molecular weight excluding hydrogens is 298 g/mol. The fraction of sp³-hybridized carbons (Fsp3) is 0.200. The van der Waals surface area contributed by atoms with E-state index in [9.17, 15) is 4.79 Å². The Kier molecular flexibility index (Phi) is 4.47. The maximum Gasteiger partial charge on any atom is 0.257 e. The predicted octanol–water partition coefficient (Wildman–Crippen LogP) is 4.02. The minimum Gasteiger partial charge on any atom is -0.339 e. The highest BCUT2D eigenvalue weighted by atomic mass is 16.2. The van der Waals surface area contributed by atoms with Gasteiger partial charge in [-0.1, -0.05) is 48.5 Å². The van der Waals surface area contributed by atoms with Crippen LogP contribution in [-0.2, 0) is 0 Å². The smallest absolute Gasteiger partial charge is 0.257 e. The van der Waals surface area contributed by atoms with Crippen LogP contribution in [0, 0.1) is 0 Å². The molecule has 0 spiro atoms. The van der Waals surface area contributed by atoms with Gasteiger partial charge in [0.25, 0.3) is 5.91 Å². The normalized spacial score (nSPS) is 10.8. The number of aromatic nitrogens is 2. The monoisotopic (exact) mass is 319 g/mol. The SMILES string of the molecule is CC(C)N(C)C(=O)c1cn(-c2ccccc2)nc1-c1ccccc1. The van der Waals surface area contributed by atoms with Crippen LogP contribution in [0.4, 0.5) is 0 Å². The maximum atomic E-state index is 12.9. The molecule has 0 saturated carbocycles. The molecule has 1 aromatic heterocycles. The van der Waals surface area contributed by atoms with Crippen LogP contribution in [0.25, 0.3) is 16.9 Å². The largest absolute Gasteiger partial charge is 0.339 e. The van der Waals surface area contributed by atoms with E-state index in [0.29, 0.717) is 11.3 Å². The van der Waals surface area contributed by atoms with Gasteiger partial charge in [0.05, 0.1) is 11.3 Å². The molecule has 0 fully saturated rings. The fourth-order valence-corrected chi connectivity index (χ4v) is 2.48. The van der Waals surface area contributed by atoms with Crippen LogP contribution in [0.2, 0.25) is 0 Å². The first-order chi connectivity index (χ1) is 11.6. The van der Waals surface area contributed by atoms with Gasteiger partial charge in [-0.2, -0.15) is 5.10 Å². The molecule has 0 unspecified atom stereocenters. The summed E-state index contributed by atoms with van der Waals surface area (Å²) in [5.74, 6) is -0.0222. The number of amides is 1. The Morgan fingerprint density at radius 3 is 2.17 bits per heavy atom. The van der Waals surface area contributed by atoms with Crippen molar-refractivity contribution in [1.82, 2.24) is 14.7 Å². The molecule has 3 rings (SSSR count). The van der Waals surface area contributed by atoms with Crippen molar-refractivity contribution < 1.29 is 4.79 Å². The van der Waals surface area contributed by atoms with Crippen molar-refractivity contribution in [3.63, 3.8) is 0 Å². The third-order valence-corrected chi connectivity index (χ3v) is 4.11. The van der Waals surface area contributed by atoms with E-state index in [0.717, 1.165) is 11.3 Å². The lowest BCUT2D eigenvalue weighted by molar-refractivity contribution is 0.0755. The lowest BCUT2D eigenvalue weighted by Gasteiger charge is -2.21. The Hall–Kier alpha value is -2.88. The zero-order valence-corrected chi connectivity index (χ0v) is 14.2. The molecule has 0 aliphatic carbocycles. The van der Waals surface area contributed by atoms with Gasteiger partial charge < -0.3 is 4.90 Å².